The van der Waals surface area contributed by atoms with Gasteiger partial charge in [-0.1, -0.05) is 58.9 Å². The quantitative estimate of drug-likeness (QED) is 0.326. The smallest absolute Gasteiger partial charge is 0.278 e. The first-order chi connectivity index (χ1) is 13.9. The van der Waals surface area contributed by atoms with E-state index in [4.69, 9.17) is 0 Å². The Morgan fingerprint density at radius 2 is 1.83 bits per heavy atom. The summed E-state index contributed by atoms with van der Waals surface area (Å²) in [6.07, 6.45) is 0. The minimum Gasteiger partial charge on any atom is -0.287 e. The Balaban J connectivity index is 1.75. The summed E-state index contributed by atoms with van der Waals surface area (Å²) >= 11 is 4.71. The van der Waals surface area contributed by atoms with Gasteiger partial charge in [-0.15, -0.1) is 5.10 Å². The molecule has 2 heterocycles. The van der Waals surface area contributed by atoms with Crippen LogP contribution in [0.3, 0.4) is 0 Å². The third-order valence-electron chi connectivity index (χ3n) is 4.37. The Morgan fingerprint density at radius 3 is 2.62 bits per heavy atom. The van der Waals surface area contributed by atoms with Gasteiger partial charge in [0, 0.05) is 11.0 Å². The Bertz CT molecular complexity index is 1330. The number of nitrogens with zero attached hydrogens (tertiary/aromatic N) is 5. The second-order valence-corrected chi connectivity index (χ2v) is 8.88. The summed E-state index contributed by atoms with van der Waals surface area (Å²) in [6.45, 7) is 4.63. The van der Waals surface area contributed by atoms with Crippen molar-refractivity contribution in [2.75, 3.05) is 0 Å². The van der Waals surface area contributed by atoms with E-state index in [9.17, 15) is 9.59 Å². The lowest BCUT2D eigenvalue weighted by molar-refractivity contribution is 0.474. The van der Waals surface area contributed by atoms with Crippen molar-refractivity contribution in [2.24, 2.45) is 5.92 Å². The van der Waals surface area contributed by atoms with E-state index in [1.54, 1.807) is 28.8 Å². The van der Waals surface area contributed by atoms with Gasteiger partial charge < -0.3 is 0 Å². The van der Waals surface area contributed by atoms with Gasteiger partial charge in [0.2, 0.25) is 0 Å². The number of benzene rings is 2. The van der Waals surface area contributed by atoms with Crippen LogP contribution < -0.4 is 11.1 Å². The molecule has 148 valence electrons. The van der Waals surface area contributed by atoms with Crippen LogP contribution in [-0.2, 0) is 12.4 Å². The molecule has 0 aliphatic carbocycles. The van der Waals surface area contributed by atoms with Crippen molar-refractivity contribution >= 4 is 49.5 Å². The van der Waals surface area contributed by atoms with E-state index in [0.29, 0.717) is 33.5 Å². The largest absolute Gasteiger partial charge is 0.287 e. The lowest BCUT2D eigenvalue weighted by Crippen LogP contribution is -2.27. The van der Waals surface area contributed by atoms with E-state index in [1.807, 2.05) is 32.0 Å². The van der Waals surface area contributed by atoms with Crippen molar-refractivity contribution in [3.05, 3.63) is 67.6 Å². The topological polar surface area (TPSA) is 82.7 Å². The Hall–Kier alpha value is -2.52. The number of rotatable bonds is 5. The number of aromatic nitrogens is 5. The van der Waals surface area contributed by atoms with E-state index in [-0.39, 0.29) is 22.9 Å². The maximum atomic E-state index is 13.1. The lowest BCUT2D eigenvalue weighted by atomic mass is 10.2. The van der Waals surface area contributed by atoms with Crippen LogP contribution in [0.4, 0.5) is 0 Å². The molecule has 0 saturated carbocycles. The van der Waals surface area contributed by atoms with Crippen LogP contribution in [0.5, 0.6) is 0 Å². The molecule has 4 aromatic rings. The summed E-state index contributed by atoms with van der Waals surface area (Å²) in [7, 11) is 0. The van der Waals surface area contributed by atoms with E-state index in [1.165, 1.54) is 16.4 Å². The molecule has 0 fully saturated rings. The first-order valence-electron chi connectivity index (χ1n) is 9.09. The van der Waals surface area contributed by atoms with Crippen LogP contribution in [0.1, 0.15) is 13.8 Å². The normalized spacial score (nSPS) is 11.6. The molecule has 2 aromatic heterocycles. The van der Waals surface area contributed by atoms with Gasteiger partial charge in [0.05, 0.1) is 22.2 Å². The minimum absolute atomic E-state index is 0.0931. The van der Waals surface area contributed by atoms with Crippen molar-refractivity contribution in [3.8, 4) is 0 Å². The number of thioether (sulfide) groups is 1. The first kappa shape index (κ1) is 19.8. The molecule has 0 radical (unpaired) electrons. The van der Waals surface area contributed by atoms with Crippen LogP contribution in [0.25, 0.3) is 21.8 Å². The van der Waals surface area contributed by atoms with Gasteiger partial charge >= 0.3 is 0 Å². The molecule has 0 amide bonds. The highest BCUT2D eigenvalue weighted by molar-refractivity contribution is 9.10. The fourth-order valence-electron chi connectivity index (χ4n) is 3.04. The maximum absolute atomic E-state index is 13.1. The van der Waals surface area contributed by atoms with Crippen LogP contribution in [0, 0.1) is 5.92 Å². The van der Waals surface area contributed by atoms with Crippen LogP contribution in [-0.4, -0.2) is 24.5 Å². The van der Waals surface area contributed by atoms with Crippen LogP contribution in [0.2, 0.25) is 0 Å². The predicted octanol–water partition coefficient (Wildman–Crippen LogP) is 3.67. The van der Waals surface area contributed by atoms with Crippen molar-refractivity contribution < 1.29 is 0 Å². The molecule has 0 spiro atoms. The highest BCUT2D eigenvalue weighted by Crippen LogP contribution is 2.22. The van der Waals surface area contributed by atoms with Crippen molar-refractivity contribution in [3.63, 3.8) is 0 Å². The third-order valence-corrected chi connectivity index (χ3v) is 5.81. The molecule has 2 aromatic carbocycles. The van der Waals surface area contributed by atoms with Gasteiger partial charge in [0.25, 0.3) is 11.1 Å². The van der Waals surface area contributed by atoms with Crippen molar-refractivity contribution in [2.45, 2.75) is 31.4 Å². The van der Waals surface area contributed by atoms with Gasteiger partial charge in [0.1, 0.15) is 5.52 Å². The predicted molar refractivity (Wildman–Crippen MR) is 118 cm³/mol. The average molecular weight is 472 g/mol. The van der Waals surface area contributed by atoms with Crippen LogP contribution >= 0.6 is 27.7 Å². The second-order valence-electron chi connectivity index (χ2n) is 7.05. The van der Waals surface area contributed by atoms with Gasteiger partial charge in [0.15, 0.2) is 5.16 Å². The number of halogens is 1. The zero-order valence-electron chi connectivity index (χ0n) is 15.9. The van der Waals surface area contributed by atoms with Crippen LogP contribution in [0.15, 0.2) is 61.7 Å². The van der Waals surface area contributed by atoms with Gasteiger partial charge in [-0.2, -0.15) is 4.68 Å². The van der Waals surface area contributed by atoms with E-state index < -0.39 is 0 Å². The molecule has 7 nitrogen and oxygen atoms in total. The number of fused-ring (bicyclic) bond motifs is 2. The second kappa shape index (κ2) is 8.08. The van der Waals surface area contributed by atoms with E-state index in [2.05, 4.69) is 31.2 Å². The molecule has 29 heavy (non-hydrogen) atoms. The summed E-state index contributed by atoms with van der Waals surface area (Å²) in [5.74, 6) is 0.477. The standard InChI is InChI=1S/C20H18BrN5O2S/c1-12(2)10-25-18(27)15-9-13(21)7-8-16(15)22-20(25)29-11-26-19(28)14-5-3-4-6-17(14)23-24-26/h3-9,12H,10-11H2,1-2H3. The molecular formula is C20H18BrN5O2S. The van der Waals surface area contributed by atoms with Gasteiger partial charge in [-0.25, -0.2) is 4.98 Å². The highest BCUT2D eigenvalue weighted by Gasteiger charge is 2.14. The minimum atomic E-state index is -0.217. The summed E-state index contributed by atoms with van der Waals surface area (Å²) in [4.78, 5) is 30.4. The zero-order chi connectivity index (χ0) is 20.5. The SMILES string of the molecule is CC(C)Cn1c(SCn2nnc3ccccc3c2=O)nc2ccc(Br)cc2c1=O. The van der Waals surface area contributed by atoms with Crippen molar-refractivity contribution in [1.29, 1.82) is 0 Å². The van der Waals surface area contributed by atoms with Gasteiger partial charge in [-0.05, 0) is 36.2 Å². The molecule has 0 unspecified atom stereocenters. The molecule has 0 saturated heterocycles. The first-order valence-corrected chi connectivity index (χ1v) is 10.9. The highest BCUT2D eigenvalue weighted by atomic mass is 79.9. The van der Waals surface area contributed by atoms with Crippen molar-refractivity contribution in [1.82, 2.24) is 24.5 Å². The summed E-state index contributed by atoms with van der Waals surface area (Å²) in [5.41, 5.74) is 0.873. The number of hydrogen-bond acceptors (Lipinski definition) is 6. The molecule has 0 bridgehead atoms. The Kier molecular flexibility index (Phi) is 5.51. The summed E-state index contributed by atoms with van der Waals surface area (Å²) in [6, 6.07) is 12.6. The molecular weight excluding hydrogens is 454 g/mol. The summed E-state index contributed by atoms with van der Waals surface area (Å²) in [5, 5.41) is 9.76. The molecule has 0 aliphatic heterocycles. The monoisotopic (exact) mass is 471 g/mol. The van der Waals surface area contributed by atoms with E-state index in [0.717, 1.165) is 4.47 Å². The fraction of sp³-hybridized carbons (Fsp3) is 0.250. The molecule has 0 atom stereocenters. The molecule has 9 heteroatoms. The Labute approximate surface area is 178 Å². The molecule has 4 rings (SSSR count). The van der Waals surface area contributed by atoms with E-state index >= 15 is 0 Å². The molecule has 0 aliphatic rings. The fourth-order valence-corrected chi connectivity index (χ4v) is 4.28. The number of hydrogen-bond donors (Lipinski definition) is 0. The Morgan fingerprint density at radius 1 is 1.03 bits per heavy atom. The third kappa shape index (κ3) is 3.97. The summed E-state index contributed by atoms with van der Waals surface area (Å²) < 4.78 is 3.80. The zero-order valence-corrected chi connectivity index (χ0v) is 18.3. The lowest BCUT2D eigenvalue weighted by Gasteiger charge is -2.15. The molecule has 0 N–H and O–H groups in total. The van der Waals surface area contributed by atoms with Gasteiger partial charge in [-0.3, -0.25) is 14.2 Å². The average Bonchev–Trinajstić information content (AvgIpc) is 2.70. The maximum Gasteiger partial charge on any atom is 0.278 e.